The van der Waals surface area contributed by atoms with Gasteiger partial charge in [0.2, 0.25) is 0 Å². The zero-order chi connectivity index (χ0) is 16.4. The van der Waals surface area contributed by atoms with Crippen LogP contribution in [0.5, 0.6) is 0 Å². The van der Waals surface area contributed by atoms with Gasteiger partial charge in [0.25, 0.3) is 0 Å². The molecule has 1 aromatic heterocycles. The van der Waals surface area contributed by atoms with E-state index in [0.717, 1.165) is 25.7 Å². The summed E-state index contributed by atoms with van der Waals surface area (Å²) in [7, 11) is 0. The lowest BCUT2D eigenvalue weighted by atomic mass is 10.2. The van der Waals surface area contributed by atoms with E-state index in [0.29, 0.717) is 19.8 Å². The maximum absolute atomic E-state index is 11.6. The molecule has 22 heavy (non-hydrogen) atoms. The average Bonchev–Trinajstić information content (AvgIpc) is 2.95. The molecule has 1 aliphatic rings. The van der Waals surface area contributed by atoms with E-state index in [1.54, 1.807) is 12.3 Å². The van der Waals surface area contributed by atoms with E-state index in [1.165, 1.54) is 4.57 Å². The zero-order valence-corrected chi connectivity index (χ0v) is 13.4. The van der Waals surface area contributed by atoms with Crippen LogP contribution in [0.25, 0.3) is 0 Å². The van der Waals surface area contributed by atoms with E-state index in [2.05, 4.69) is 11.9 Å². The van der Waals surface area contributed by atoms with Crippen LogP contribution in [0, 0.1) is 0 Å². The maximum Gasteiger partial charge on any atom is 0.351 e. The molecule has 0 bridgehead atoms. The number of hydrogen-bond acceptors (Lipinski definition) is 6. The summed E-state index contributed by atoms with van der Waals surface area (Å²) >= 11 is 0. The molecule has 1 fully saturated rings. The first-order valence-corrected chi connectivity index (χ1v) is 7.81. The first-order valence-electron chi connectivity index (χ1n) is 7.81. The van der Waals surface area contributed by atoms with Crippen molar-refractivity contribution in [3.8, 4) is 0 Å². The van der Waals surface area contributed by atoms with E-state index in [-0.39, 0.29) is 23.8 Å². The Labute approximate surface area is 131 Å². The predicted octanol–water partition coefficient (Wildman–Crippen LogP) is 1.32. The standard InChI is InChI=1S/C11H17N3O3.C4H10O/c1-2-16-7-8-3-4-10(17-8)14-6-5-9(12)13-11(14)15;1-2-3-4-5/h5-6,8,10H,2-4,7H2,1H3,(H2,12,13,15);5H,2-4H2,1H3. The van der Waals surface area contributed by atoms with Crippen molar-refractivity contribution in [3.63, 3.8) is 0 Å². The zero-order valence-electron chi connectivity index (χ0n) is 13.4. The number of nitrogens with two attached hydrogens (primary N) is 1. The lowest BCUT2D eigenvalue weighted by Crippen LogP contribution is -2.27. The van der Waals surface area contributed by atoms with Crippen molar-refractivity contribution < 1.29 is 14.6 Å². The number of nitrogens with zero attached hydrogens (tertiary/aromatic N) is 2. The van der Waals surface area contributed by atoms with Crippen molar-refractivity contribution in [2.45, 2.75) is 51.9 Å². The van der Waals surface area contributed by atoms with Crippen LogP contribution in [0.3, 0.4) is 0 Å². The van der Waals surface area contributed by atoms with Crippen molar-refractivity contribution in [2.24, 2.45) is 0 Å². The Hall–Kier alpha value is -1.44. The summed E-state index contributed by atoms with van der Waals surface area (Å²) in [6.07, 6.45) is 5.16. The molecule has 2 unspecified atom stereocenters. The fourth-order valence-corrected chi connectivity index (χ4v) is 2.07. The van der Waals surface area contributed by atoms with Crippen LogP contribution in [0.1, 0.15) is 45.8 Å². The fourth-order valence-electron chi connectivity index (χ4n) is 2.07. The van der Waals surface area contributed by atoms with Crippen LogP contribution < -0.4 is 11.4 Å². The highest BCUT2D eigenvalue weighted by molar-refractivity contribution is 5.23. The quantitative estimate of drug-likeness (QED) is 0.821. The number of rotatable bonds is 6. The predicted molar refractivity (Wildman–Crippen MR) is 84.5 cm³/mol. The largest absolute Gasteiger partial charge is 0.396 e. The molecule has 0 saturated carbocycles. The molecule has 2 rings (SSSR count). The van der Waals surface area contributed by atoms with Gasteiger partial charge < -0.3 is 20.3 Å². The van der Waals surface area contributed by atoms with Gasteiger partial charge in [-0.3, -0.25) is 4.57 Å². The molecule has 3 N–H and O–H groups in total. The van der Waals surface area contributed by atoms with Crippen LogP contribution >= 0.6 is 0 Å². The number of hydrogen-bond donors (Lipinski definition) is 2. The summed E-state index contributed by atoms with van der Waals surface area (Å²) in [4.78, 5) is 15.3. The topological polar surface area (TPSA) is 99.6 Å². The molecule has 0 amide bonds. The summed E-state index contributed by atoms with van der Waals surface area (Å²) in [6.45, 7) is 5.59. The van der Waals surface area contributed by atoms with E-state index >= 15 is 0 Å². The molecule has 1 saturated heterocycles. The van der Waals surface area contributed by atoms with Crippen LogP contribution in [0.4, 0.5) is 5.82 Å². The molecule has 0 radical (unpaired) electrons. The first-order chi connectivity index (χ1) is 10.6. The van der Waals surface area contributed by atoms with Crippen molar-refractivity contribution in [2.75, 3.05) is 25.6 Å². The highest BCUT2D eigenvalue weighted by atomic mass is 16.5. The van der Waals surface area contributed by atoms with Gasteiger partial charge in [-0.05, 0) is 32.3 Å². The van der Waals surface area contributed by atoms with Crippen LogP contribution in [-0.4, -0.2) is 40.6 Å². The van der Waals surface area contributed by atoms with Gasteiger partial charge in [0.15, 0.2) is 0 Å². The van der Waals surface area contributed by atoms with E-state index in [9.17, 15) is 4.79 Å². The van der Waals surface area contributed by atoms with E-state index < -0.39 is 0 Å². The fraction of sp³-hybridized carbons (Fsp3) is 0.733. The Morgan fingerprint density at radius 2 is 2.27 bits per heavy atom. The Balaban J connectivity index is 0.000000422. The van der Waals surface area contributed by atoms with Crippen molar-refractivity contribution >= 4 is 5.82 Å². The number of aromatic nitrogens is 2. The van der Waals surface area contributed by atoms with Gasteiger partial charge in [-0.25, -0.2) is 4.79 Å². The van der Waals surface area contributed by atoms with Gasteiger partial charge in [-0.1, -0.05) is 13.3 Å². The molecule has 0 aromatic carbocycles. The summed E-state index contributed by atoms with van der Waals surface area (Å²) in [6, 6.07) is 1.60. The first kappa shape index (κ1) is 18.6. The normalized spacial score (nSPS) is 20.5. The summed E-state index contributed by atoms with van der Waals surface area (Å²) in [5.74, 6) is 0.232. The van der Waals surface area contributed by atoms with Crippen molar-refractivity contribution in [3.05, 3.63) is 22.7 Å². The van der Waals surface area contributed by atoms with Gasteiger partial charge >= 0.3 is 5.69 Å². The minimum absolute atomic E-state index is 0.0596. The van der Waals surface area contributed by atoms with E-state index in [4.69, 9.17) is 20.3 Å². The molecular formula is C15H27N3O4. The number of nitrogen functional groups attached to an aromatic ring is 1. The number of anilines is 1. The van der Waals surface area contributed by atoms with Gasteiger partial charge in [0.05, 0.1) is 12.7 Å². The molecule has 2 atom stereocenters. The van der Waals surface area contributed by atoms with Gasteiger partial charge in [0, 0.05) is 19.4 Å². The lowest BCUT2D eigenvalue weighted by Gasteiger charge is -2.15. The summed E-state index contributed by atoms with van der Waals surface area (Å²) in [5, 5.41) is 8.07. The molecule has 1 aromatic rings. The Morgan fingerprint density at radius 1 is 1.50 bits per heavy atom. The second-order valence-electron chi connectivity index (χ2n) is 5.07. The van der Waals surface area contributed by atoms with Gasteiger partial charge in [-0.2, -0.15) is 4.98 Å². The molecule has 126 valence electrons. The number of aliphatic hydroxyl groups is 1. The highest BCUT2D eigenvalue weighted by Gasteiger charge is 2.27. The third kappa shape index (κ3) is 6.13. The minimum atomic E-state index is -0.368. The average molecular weight is 313 g/mol. The second kappa shape index (κ2) is 10.3. The number of ether oxygens (including phenoxy) is 2. The molecule has 0 spiro atoms. The summed E-state index contributed by atoms with van der Waals surface area (Å²) < 4.78 is 12.5. The molecule has 2 heterocycles. The van der Waals surface area contributed by atoms with Gasteiger partial charge in [0.1, 0.15) is 12.0 Å². The smallest absolute Gasteiger partial charge is 0.351 e. The summed E-state index contributed by atoms with van der Waals surface area (Å²) in [5.41, 5.74) is 5.07. The second-order valence-corrected chi connectivity index (χ2v) is 5.07. The third-order valence-corrected chi connectivity index (χ3v) is 3.27. The number of unbranched alkanes of at least 4 members (excludes halogenated alkanes) is 1. The molecule has 1 aliphatic heterocycles. The highest BCUT2D eigenvalue weighted by Crippen LogP contribution is 2.27. The van der Waals surface area contributed by atoms with E-state index in [1.807, 2.05) is 6.92 Å². The maximum atomic E-state index is 11.6. The lowest BCUT2D eigenvalue weighted by molar-refractivity contribution is -0.0408. The van der Waals surface area contributed by atoms with Crippen LogP contribution in [0.15, 0.2) is 17.1 Å². The molecule has 7 heteroatoms. The van der Waals surface area contributed by atoms with Crippen LogP contribution in [-0.2, 0) is 9.47 Å². The minimum Gasteiger partial charge on any atom is -0.396 e. The molecule has 7 nitrogen and oxygen atoms in total. The SMILES string of the molecule is CCCCO.CCOCC1CCC(n2ccc(N)nc2=O)O1. The number of aliphatic hydroxyl groups excluding tert-OH is 1. The Bertz CT molecular complexity index is 476. The Morgan fingerprint density at radius 3 is 2.82 bits per heavy atom. The monoisotopic (exact) mass is 313 g/mol. The van der Waals surface area contributed by atoms with Crippen LogP contribution in [0.2, 0.25) is 0 Å². The van der Waals surface area contributed by atoms with Crippen molar-refractivity contribution in [1.82, 2.24) is 9.55 Å². The third-order valence-electron chi connectivity index (χ3n) is 3.27. The van der Waals surface area contributed by atoms with Gasteiger partial charge in [-0.15, -0.1) is 0 Å². The molecule has 0 aliphatic carbocycles. The Kier molecular flexibility index (Phi) is 8.72. The van der Waals surface area contributed by atoms with Crippen molar-refractivity contribution in [1.29, 1.82) is 0 Å². The molecular weight excluding hydrogens is 286 g/mol.